The fraction of sp³-hybridized carbons (Fsp3) is 0.462. The summed E-state index contributed by atoms with van der Waals surface area (Å²) >= 11 is 0. The molecule has 6 N–H and O–H groups in total. The monoisotopic (exact) mass is 559 g/mol. The number of ether oxygens (including phenoxy) is 1. The summed E-state index contributed by atoms with van der Waals surface area (Å²) in [5.74, 6) is -3.57. The fourth-order valence-electron chi connectivity index (χ4n) is 4.13. The maximum atomic E-state index is 14.5. The van der Waals surface area contributed by atoms with E-state index in [2.05, 4.69) is 25.8 Å². The number of carbonyl (C=O) groups excluding carboxylic acids is 1. The Hall–Kier alpha value is -2.67. The number of hydrogen-bond acceptors (Lipinski definition) is 7. The number of anilines is 1. The number of Topliss-reactive ketones (excluding diaryl/α,β-unsaturated/α-hetero) is 1. The summed E-state index contributed by atoms with van der Waals surface area (Å²) in [5.41, 5.74) is 12.1. The SMILES string of the molecule is CC(C)(C)c1cccc(CN=C2CS(O)(O)C[C@@H](Cc3cc(F)c(N)c(O[C@H](CN)C(F)(F)F)c3)C2=O)c1. The Morgan fingerprint density at radius 1 is 1.16 bits per heavy atom. The van der Waals surface area contributed by atoms with Gasteiger partial charge >= 0.3 is 6.18 Å². The zero-order valence-corrected chi connectivity index (χ0v) is 22.2. The molecule has 210 valence electrons. The molecule has 2 aromatic carbocycles. The average Bonchev–Trinajstić information content (AvgIpc) is 2.80. The lowest BCUT2D eigenvalue weighted by atomic mass is 9.86. The van der Waals surface area contributed by atoms with Crippen LogP contribution in [0.1, 0.15) is 37.5 Å². The van der Waals surface area contributed by atoms with Gasteiger partial charge in [-0.2, -0.15) is 23.8 Å². The molecule has 1 aliphatic rings. The maximum Gasteiger partial charge on any atom is 0.426 e. The molecule has 0 saturated carbocycles. The van der Waals surface area contributed by atoms with E-state index in [1.807, 2.05) is 24.3 Å². The predicted molar refractivity (Wildman–Crippen MR) is 141 cm³/mol. The second-order valence-corrected chi connectivity index (χ2v) is 12.7. The third-order valence-corrected chi connectivity index (χ3v) is 7.89. The highest BCUT2D eigenvalue weighted by molar-refractivity contribution is 8.25. The van der Waals surface area contributed by atoms with Crippen LogP contribution in [0.3, 0.4) is 0 Å². The van der Waals surface area contributed by atoms with E-state index in [1.54, 1.807) is 0 Å². The van der Waals surface area contributed by atoms with Gasteiger partial charge < -0.3 is 16.2 Å². The second kappa shape index (κ2) is 11.2. The molecular formula is C26H33F4N3O4S. The molecule has 0 aliphatic carbocycles. The van der Waals surface area contributed by atoms with Gasteiger partial charge in [0, 0.05) is 18.2 Å². The van der Waals surface area contributed by atoms with E-state index in [0.717, 1.165) is 23.3 Å². The zero-order valence-electron chi connectivity index (χ0n) is 21.4. The third kappa shape index (κ3) is 7.46. The maximum absolute atomic E-state index is 14.5. The largest absolute Gasteiger partial charge is 0.477 e. The van der Waals surface area contributed by atoms with Crippen LogP contribution < -0.4 is 16.2 Å². The fourth-order valence-corrected chi connectivity index (χ4v) is 5.83. The Morgan fingerprint density at radius 2 is 1.84 bits per heavy atom. The van der Waals surface area contributed by atoms with E-state index >= 15 is 0 Å². The summed E-state index contributed by atoms with van der Waals surface area (Å²) in [6, 6.07) is 9.80. The first-order valence-electron chi connectivity index (χ1n) is 11.9. The van der Waals surface area contributed by atoms with Crippen LogP contribution in [0.15, 0.2) is 41.4 Å². The number of aliphatic imine (C=N–C) groups is 1. The molecule has 3 rings (SSSR count). The van der Waals surface area contributed by atoms with E-state index in [4.69, 9.17) is 16.2 Å². The number of nitrogens with two attached hydrogens (primary N) is 2. The topological polar surface area (TPSA) is 131 Å². The minimum atomic E-state index is -4.80. The number of carbonyl (C=O) groups is 1. The van der Waals surface area contributed by atoms with Crippen LogP contribution >= 0.6 is 10.6 Å². The van der Waals surface area contributed by atoms with Gasteiger partial charge in [0.25, 0.3) is 0 Å². The van der Waals surface area contributed by atoms with Crippen LogP contribution in [0.4, 0.5) is 23.2 Å². The molecule has 1 heterocycles. The molecule has 2 aromatic rings. The Morgan fingerprint density at radius 3 is 2.45 bits per heavy atom. The van der Waals surface area contributed by atoms with Crippen molar-refractivity contribution in [3.05, 3.63) is 58.9 Å². The summed E-state index contributed by atoms with van der Waals surface area (Å²) in [7, 11) is -3.21. The number of nitrogen functional groups attached to an aromatic ring is 1. The number of ketones is 1. The molecule has 0 spiro atoms. The molecule has 1 saturated heterocycles. The highest BCUT2D eigenvalue weighted by atomic mass is 32.3. The summed E-state index contributed by atoms with van der Waals surface area (Å²) in [6.07, 6.45) is -7.39. The highest BCUT2D eigenvalue weighted by Crippen LogP contribution is 2.45. The Balaban J connectivity index is 1.85. The minimum absolute atomic E-state index is 0.00932. The lowest BCUT2D eigenvalue weighted by Crippen LogP contribution is -2.41. The smallest absolute Gasteiger partial charge is 0.426 e. The highest BCUT2D eigenvalue weighted by Gasteiger charge is 2.41. The van der Waals surface area contributed by atoms with Crippen molar-refractivity contribution in [1.29, 1.82) is 0 Å². The van der Waals surface area contributed by atoms with Crippen molar-refractivity contribution in [2.75, 3.05) is 23.8 Å². The Kier molecular flexibility index (Phi) is 8.81. The minimum Gasteiger partial charge on any atom is -0.477 e. The molecule has 0 radical (unpaired) electrons. The molecular weight excluding hydrogens is 526 g/mol. The molecule has 0 bridgehead atoms. The molecule has 0 unspecified atom stereocenters. The van der Waals surface area contributed by atoms with Crippen molar-refractivity contribution >= 4 is 27.8 Å². The predicted octanol–water partition coefficient (Wildman–Crippen LogP) is 5.11. The number of nitrogens with zero attached hydrogens (tertiary/aromatic N) is 1. The second-order valence-electron chi connectivity index (χ2n) is 10.5. The molecule has 1 fully saturated rings. The standard InChI is InChI=1S/C26H33F4N3O4S/c1-25(2,3)18-6-4-5-15(8-18)12-33-20-14-38(35,36)13-17(24(20)34)7-16-9-19(27)23(32)21(10-16)37-22(11-31)26(28,29)30/h4-6,8-10,17,22,35-36H,7,11-14,31-32H2,1-3H3/t17-,22-/m1/s1. The average molecular weight is 560 g/mol. The summed E-state index contributed by atoms with van der Waals surface area (Å²) < 4.78 is 79.7. The lowest BCUT2D eigenvalue weighted by molar-refractivity contribution is -0.191. The van der Waals surface area contributed by atoms with Gasteiger partial charge in [-0.25, -0.2) is 4.39 Å². The van der Waals surface area contributed by atoms with E-state index in [1.165, 1.54) is 0 Å². The van der Waals surface area contributed by atoms with E-state index < -0.39 is 58.4 Å². The van der Waals surface area contributed by atoms with Gasteiger partial charge in [0.05, 0.1) is 18.0 Å². The summed E-state index contributed by atoms with van der Waals surface area (Å²) in [6.45, 7) is 5.45. The molecule has 0 aromatic heterocycles. The van der Waals surface area contributed by atoms with Gasteiger partial charge in [0.2, 0.25) is 6.10 Å². The molecule has 38 heavy (non-hydrogen) atoms. The van der Waals surface area contributed by atoms with E-state index in [9.17, 15) is 31.5 Å². The van der Waals surface area contributed by atoms with Crippen molar-refractivity contribution in [2.45, 2.75) is 51.4 Å². The number of halogens is 4. The van der Waals surface area contributed by atoms with Crippen molar-refractivity contribution in [3.63, 3.8) is 0 Å². The van der Waals surface area contributed by atoms with Gasteiger partial charge in [-0.3, -0.25) is 18.9 Å². The van der Waals surface area contributed by atoms with Crippen LogP contribution in [0, 0.1) is 11.7 Å². The van der Waals surface area contributed by atoms with Crippen molar-refractivity contribution in [3.8, 4) is 5.75 Å². The van der Waals surface area contributed by atoms with Gasteiger partial charge in [0.15, 0.2) is 5.78 Å². The van der Waals surface area contributed by atoms with Gasteiger partial charge in [-0.15, -0.1) is 0 Å². The number of benzene rings is 2. The van der Waals surface area contributed by atoms with E-state index in [-0.39, 0.29) is 41.2 Å². The van der Waals surface area contributed by atoms with Gasteiger partial charge in [-0.05, 0) is 40.7 Å². The first kappa shape index (κ1) is 29.9. The quantitative estimate of drug-likeness (QED) is 0.276. The van der Waals surface area contributed by atoms with Crippen LogP contribution in [0.2, 0.25) is 0 Å². The van der Waals surface area contributed by atoms with Crippen LogP contribution in [-0.2, 0) is 23.2 Å². The number of rotatable bonds is 7. The van der Waals surface area contributed by atoms with Crippen molar-refractivity contribution in [2.24, 2.45) is 16.6 Å². The zero-order chi connectivity index (χ0) is 28.5. The van der Waals surface area contributed by atoms with Crippen molar-refractivity contribution < 1.29 is 36.2 Å². The Labute approximate surface area is 220 Å². The molecule has 0 amide bonds. The molecule has 2 atom stereocenters. The van der Waals surface area contributed by atoms with Gasteiger partial charge in [0.1, 0.15) is 17.3 Å². The molecule has 1 aliphatic heterocycles. The van der Waals surface area contributed by atoms with Crippen LogP contribution in [0.25, 0.3) is 0 Å². The summed E-state index contributed by atoms with van der Waals surface area (Å²) in [4.78, 5) is 17.6. The molecule has 12 heteroatoms. The van der Waals surface area contributed by atoms with Crippen molar-refractivity contribution in [1.82, 2.24) is 0 Å². The summed E-state index contributed by atoms with van der Waals surface area (Å²) in [5, 5.41) is 0. The normalized spacial score (nSPS) is 20.8. The Bertz CT molecular complexity index is 1210. The number of hydrogen-bond donors (Lipinski definition) is 4. The number of alkyl halides is 3. The van der Waals surface area contributed by atoms with Crippen LogP contribution in [-0.4, -0.2) is 50.9 Å². The first-order chi connectivity index (χ1) is 17.5. The lowest BCUT2D eigenvalue weighted by Gasteiger charge is -2.39. The van der Waals surface area contributed by atoms with Crippen LogP contribution in [0.5, 0.6) is 5.75 Å². The first-order valence-corrected chi connectivity index (χ1v) is 13.8. The van der Waals surface area contributed by atoms with E-state index in [0.29, 0.717) is 0 Å². The third-order valence-electron chi connectivity index (χ3n) is 6.22. The molecule has 7 nitrogen and oxygen atoms in total. The van der Waals surface area contributed by atoms with Gasteiger partial charge in [-0.1, -0.05) is 45.0 Å².